The van der Waals surface area contributed by atoms with Gasteiger partial charge in [-0.1, -0.05) is 60.7 Å². The number of hydrazine groups is 1. The molecule has 0 amide bonds. The molecular weight excluding hydrogens is 372 g/mol. The summed E-state index contributed by atoms with van der Waals surface area (Å²) in [6, 6.07) is 20.5. The Morgan fingerprint density at radius 3 is 2.12 bits per heavy atom. The van der Waals surface area contributed by atoms with Gasteiger partial charge in [0.25, 0.3) is 10.0 Å². The van der Waals surface area contributed by atoms with Crippen molar-refractivity contribution in [1.82, 2.24) is 9.25 Å². The van der Waals surface area contributed by atoms with E-state index in [1.807, 2.05) is 18.2 Å². The molecule has 0 fully saturated rings. The highest BCUT2D eigenvalue weighted by molar-refractivity contribution is 7.91. The lowest BCUT2D eigenvalue weighted by molar-refractivity contribution is 0.431. The van der Waals surface area contributed by atoms with E-state index in [2.05, 4.69) is 4.83 Å². The fraction of sp³-hybridized carbons (Fsp3) is 0.111. The Balaban J connectivity index is 1.83. The van der Waals surface area contributed by atoms with Crippen LogP contribution in [-0.2, 0) is 25.8 Å². The molecule has 3 aromatic rings. The minimum absolute atomic E-state index is 0.00189. The SMILES string of the molecule is CN(NS(=O)(=O)c1ccc2ccccc2c1)S(=O)(=O)Cc1ccccc1. The molecule has 3 aromatic carbocycles. The highest BCUT2D eigenvalue weighted by Crippen LogP contribution is 2.19. The van der Waals surface area contributed by atoms with E-state index in [-0.39, 0.29) is 10.6 Å². The zero-order valence-electron chi connectivity index (χ0n) is 14.0. The summed E-state index contributed by atoms with van der Waals surface area (Å²) < 4.78 is 50.6. The molecule has 0 aliphatic heterocycles. The Labute approximate surface area is 153 Å². The topological polar surface area (TPSA) is 83.6 Å². The smallest absolute Gasteiger partial charge is 0.211 e. The van der Waals surface area contributed by atoms with Crippen LogP contribution in [-0.4, -0.2) is 28.3 Å². The van der Waals surface area contributed by atoms with Gasteiger partial charge in [0, 0.05) is 7.05 Å². The lowest BCUT2D eigenvalue weighted by Gasteiger charge is -2.18. The highest BCUT2D eigenvalue weighted by atomic mass is 32.2. The Kier molecular flexibility index (Phi) is 5.10. The molecule has 0 spiro atoms. The molecule has 0 bridgehead atoms. The van der Waals surface area contributed by atoms with E-state index >= 15 is 0 Å². The van der Waals surface area contributed by atoms with Crippen LogP contribution in [0.1, 0.15) is 5.56 Å². The maximum atomic E-state index is 12.6. The molecule has 0 saturated heterocycles. The van der Waals surface area contributed by atoms with Crippen molar-refractivity contribution < 1.29 is 16.8 Å². The van der Waals surface area contributed by atoms with Gasteiger partial charge in [0.1, 0.15) is 0 Å². The second kappa shape index (κ2) is 7.16. The Hall–Kier alpha value is -2.26. The number of rotatable bonds is 6. The van der Waals surface area contributed by atoms with Gasteiger partial charge in [0.2, 0.25) is 10.0 Å². The standard InChI is InChI=1S/C18H18N2O4S2/c1-20(25(21,22)14-15-7-3-2-4-8-15)19-26(23,24)18-12-11-16-9-5-6-10-17(16)13-18/h2-13,19H,14H2,1H3. The summed E-state index contributed by atoms with van der Waals surface area (Å²) in [6.07, 6.45) is 0. The van der Waals surface area contributed by atoms with Crippen molar-refractivity contribution in [3.8, 4) is 0 Å². The van der Waals surface area contributed by atoms with Crippen molar-refractivity contribution in [2.75, 3.05) is 7.05 Å². The molecule has 1 N–H and O–H groups in total. The van der Waals surface area contributed by atoms with Crippen molar-refractivity contribution in [1.29, 1.82) is 0 Å². The van der Waals surface area contributed by atoms with E-state index in [9.17, 15) is 16.8 Å². The summed E-state index contributed by atoms with van der Waals surface area (Å²) in [5, 5.41) is 1.65. The Bertz CT molecular complexity index is 1130. The van der Waals surface area contributed by atoms with Crippen LogP contribution in [0.5, 0.6) is 0 Å². The molecule has 0 saturated carbocycles. The third kappa shape index (κ3) is 4.10. The van der Waals surface area contributed by atoms with E-state index < -0.39 is 20.0 Å². The molecule has 0 heterocycles. The van der Waals surface area contributed by atoms with Crippen LogP contribution < -0.4 is 4.83 Å². The van der Waals surface area contributed by atoms with Gasteiger partial charge in [-0.15, -0.1) is 9.25 Å². The van der Waals surface area contributed by atoms with E-state index in [1.54, 1.807) is 42.5 Å². The molecule has 0 aliphatic rings. The fourth-order valence-electron chi connectivity index (χ4n) is 2.49. The zero-order valence-corrected chi connectivity index (χ0v) is 15.7. The van der Waals surface area contributed by atoms with Gasteiger partial charge in [0.15, 0.2) is 0 Å². The number of benzene rings is 3. The zero-order chi connectivity index (χ0) is 18.8. The van der Waals surface area contributed by atoms with Crippen LogP contribution >= 0.6 is 0 Å². The minimum atomic E-state index is -4.03. The van der Waals surface area contributed by atoms with Gasteiger partial charge in [-0.3, -0.25) is 0 Å². The molecule has 3 rings (SSSR count). The molecule has 6 nitrogen and oxygen atoms in total. The van der Waals surface area contributed by atoms with Crippen molar-refractivity contribution in [2.45, 2.75) is 10.6 Å². The van der Waals surface area contributed by atoms with Crippen LogP contribution in [0.25, 0.3) is 10.8 Å². The van der Waals surface area contributed by atoms with Crippen molar-refractivity contribution in [3.63, 3.8) is 0 Å². The number of nitrogens with one attached hydrogen (secondary N) is 1. The van der Waals surface area contributed by atoms with Crippen LogP contribution in [0, 0.1) is 0 Å². The average Bonchev–Trinajstić information content (AvgIpc) is 2.61. The Morgan fingerprint density at radius 1 is 0.808 bits per heavy atom. The number of sulfonamides is 2. The quantitative estimate of drug-likeness (QED) is 0.656. The van der Waals surface area contributed by atoms with E-state index in [1.165, 1.54) is 19.2 Å². The first-order valence-corrected chi connectivity index (χ1v) is 10.9. The van der Waals surface area contributed by atoms with E-state index in [0.717, 1.165) is 10.8 Å². The summed E-state index contributed by atoms with van der Waals surface area (Å²) in [7, 11) is -6.71. The predicted molar refractivity (Wildman–Crippen MR) is 101 cm³/mol. The third-order valence-corrected chi connectivity index (χ3v) is 7.02. The first-order chi connectivity index (χ1) is 12.3. The van der Waals surface area contributed by atoms with Crippen LogP contribution in [0.3, 0.4) is 0 Å². The van der Waals surface area contributed by atoms with Gasteiger partial charge < -0.3 is 0 Å². The van der Waals surface area contributed by atoms with Crippen LogP contribution in [0.15, 0.2) is 77.7 Å². The molecular formula is C18H18N2O4S2. The van der Waals surface area contributed by atoms with Crippen molar-refractivity contribution in [3.05, 3.63) is 78.4 Å². The number of fused-ring (bicyclic) bond motifs is 1. The molecule has 136 valence electrons. The number of hydrogen-bond acceptors (Lipinski definition) is 4. The lowest BCUT2D eigenvalue weighted by Crippen LogP contribution is -2.43. The monoisotopic (exact) mass is 390 g/mol. The maximum Gasteiger partial charge on any atom is 0.254 e. The molecule has 0 radical (unpaired) electrons. The largest absolute Gasteiger partial charge is 0.254 e. The van der Waals surface area contributed by atoms with Crippen molar-refractivity contribution >= 4 is 30.8 Å². The van der Waals surface area contributed by atoms with E-state index in [4.69, 9.17) is 0 Å². The minimum Gasteiger partial charge on any atom is -0.211 e. The number of hydrogen-bond donors (Lipinski definition) is 1. The molecule has 26 heavy (non-hydrogen) atoms. The van der Waals surface area contributed by atoms with Crippen LogP contribution in [0.4, 0.5) is 0 Å². The fourth-order valence-corrected chi connectivity index (χ4v) is 5.02. The highest BCUT2D eigenvalue weighted by Gasteiger charge is 2.25. The van der Waals surface area contributed by atoms with Gasteiger partial charge in [-0.2, -0.15) is 0 Å². The predicted octanol–water partition coefficient (Wildman–Crippen LogP) is 2.49. The van der Waals surface area contributed by atoms with Crippen molar-refractivity contribution in [2.24, 2.45) is 0 Å². The maximum absolute atomic E-state index is 12.6. The molecule has 0 unspecified atom stereocenters. The first kappa shape index (κ1) is 18.5. The second-order valence-electron chi connectivity index (χ2n) is 5.81. The third-order valence-electron chi connectivity index (χ3n) is 3.89. The molecule has 0 aliphatic carbocycles. The normalized spacial score (nSPS) is 12.5. The summed E-state index contributed by atoms with van der Waals surface area (Å²) in [4.78, 5) is 2.11. The van der Waals surface area contributed by atoms with Gasteiger partial charge in [-0.25, -0.2) is 16.8 Å². The first-order valence-electron chi connectivity index (χ1n) is 7.80. The summed E-state index contributed by atoms with van der Waals surface area (Å²) in [5.41, 5.74) is 0.573. The number of nitrogens with zero attached hydrogens (tertiary/aromatic N) is 1. The average molecular weight is 390 g/mol. The van der Waals surface area contributed by atoms with Crippen LogP contribution in [0.2, 0.25) is 0 Å². The molecule has 0 aromatic heterocycles. The van der Waals surface area contributed by atoms with Gasteiger partial charge in [0.05, 0.1) is 10.6 Å². The molecule has 8 heteroatoms. The second-order valence-corrected chi connectivity index (χ2v) is 9.47. The summed E-state index contributed by atoms with van der Waals surface area (Å²) >= 11 is 0. The van der Waals surface area contributed by atoms with Gasteiger partial charge >= 0.3 is 0 Å². The molecule has 0 atom stereocenters. The lowest BCUT2D eigenvalue weighted by atomic mass is 10.1. The van der Waals surface area contributed by atoms with Gasteiger partial charge in [-0.05, 0) is 28.5 Å². The Morgan fingerprint density at radius 2 is 1.42 bits per heavy atom. The summed E-state index contributed by atoms with van der Waals surface area (Å²) in [5.74, 6) is -0.301. The summed E-state index contributed by atoms with van der Waals surface area (Å²) in [6.45, 7) is 0. The van der Waals surface area contributed by atoms with E-state index in [0.29, 0.717) is 9.98 Å².